The van der Waals surface area contributed by atoms with E-state index in [0.29, 0.717) is 6.04 Å². The Balaban J connectivity index is 1.36. The highest BCUT2D eigenvalue weighted by Crippen LogP contribution is 2.27. The van der Waals surface area contributed by atoms with Crippen molar-refractivity contribution in [1.82, 2.24) is 20.0 Å². The fourth-order valence-corrected chi connectivity index (χ4v) is 3.82. The van der Waals surface area contributed by atoms with E-state index in [2.05, 4.69) is 56.4 Å². The van der Waals surface area contributed by atoms with E-state index in [1.54, 1.807) is 0 Å². The van der Waals surface area contributed by atoms with Crippen molar-refractivity contribution in [2.75, 3.05) is 13.1 Å². The molecule has 2 aromatic rings. The molecule has 0 radical (unpaired) electrons. The second-order valence-corrected chi connectivity index (χ2v) is 7.28. The molecule has 1 saturated carbocycles. The van der Waals surface area contributed by atoms with Gasteiger partial charge in [-0.2, -0.15) is 5.10 Å². The molecule has 4 rings (SSSR count). The molecule has 1 fully saturated rings. The van der Waals surface area contributed by atoms with Crippen LogP contribution in [-0.4, -0.2) is 33.7 Å². The first-order valence-corrected chi connectivity index (χ1v) is 9.36. The van der Waals surface area contributed by atoms with Gasteiger partial charge in [0.25, 0.3) is 0 Å². The summed E-state index contributed by atoms with van der Waals surface area (Å²) in [4.78, 5) is 14.5. The van der Waals surface area contributed by atoms with Crippen molar-refractivity contribution in [3.05, 3.63) is 53.9 Å². The molecule has 1 aromatic heterocycles. The first-order chi connectivity index (χ1) is 12.3. The van der Waals surface area contributed by atoms with Crippen LogP contribution in [0.2, 0.25) is 0 Å². The zero-order valence-electron chi connectivity index (χ0n) is 14.6. The lowest BCUT2D eigenvalue weighted by Gasteiger charge is -2.34. The molecule has 25 heavy (non-hydrogen) atoms. The van der Waals surface area contributed by atoms with Gasteiger partial charge in [0.15, 0.2) is 0 Å². The monoisotopic (exact) mass is 338 g/mol. The van der Waals surface area contributed by atoms with Crippen LogP contribution in [0.25, 0.3) is 0 Å². The van der Waals surface area contributed by atoms with Crippen LogP contribution in [0, 0.1) is 5.92 Å². The van der Waals surface area contributed by atoms with Gasteiger partial charge in [0.05, 0.1) is 11.7 Å². The lowest BCUT2D eigenvalue weighted by molar-refractivity contribution is -0.127. The summed E-state index contributed by atoms with van der Waals surface area (Å²) in [5.41, 5.74) is 2.60. The summed E-state index contributed by atoms with van der Waals surface area (Å²) in [6.07, 6.45) is 6.14. The number of rotatable bonds is 6. The first-order valence-electron chi connectivity index (χ1n) is 9.36. The minimum absolute atomic E-state index is 0.240. The smallest absolute Gasteiger partial charge is 0.223 e. The molecule has 1 N–H and O–H groups in total. The molecule has 1 amide bonds. The molecule has 132 valence electrons. The van der Waals surface area contributed by atoms with E-state index in [1.165, 1.54) is 17.7 Å². The van der Waals surface area contributed by atoms with Crippen molar-refractivity contribution in [3.8, 4) is 0 Å². The Morgan fingerprint density at radius 1 is 1.20 bits per heavy atom. The van der Waals surface area contributed by atoms with Gasteiger partial charge < -0.3 is 5.32 Å². The van der Waals surface area contributed by atoms with E-state index in [9.17, 15) is 4.79 Å². The predicted octanol–water partition coefficient (Wildman–Crippen LogP) is 2.75. The van der Waals surface area contributed by atoms with Gasteiger partial charge in [0.1, 0.15) is 0 Å². The molecule has 1 aliphatic heterocycles. The Hall–Kier alpha value is -2.14. The summed E-state index contributed by atoms with van der Waals surface area (Å²) in [7, 11) is 0. The van der Waals surface area contributed by atoms with Crippen LogP contribution in [0.1, 0.15) is 43.0 Å². The number of carbonyl (C=O) groups is 1. The van der Waals surface area contributed by atoms with Gasteiger partial charge in [-0.05, 0) is 30.9 Å². The average molecular weight is 338 g/mol. The number of fused-ring (bicyclic) bond motifs is 1. The van der Waals surface area contributed by atoms with Crippen molar-refractivity contribution in [2.45, 2.75) is 44.8 Å². The van der Waals surface area contributed by atoms with E-state index in [-0.39, 0.29) is 11.8 Å². The first kappa shape index (κ1) is 16.3. The van der Waals surface area contributed by atoms with Crippen molar-refractivity contribution >= 4 is 5.91 Å². The van der Waals surface area contributed by atoms with Gasteiger partial charge >= 0.3 is 0 Å². The summed E-state index contributed by atoms with van der Waals surface area (Å²) < 4.78 is 2.15. The summed E-state index contributed by atoms with van der Waals surface area (Å²) in [5.74, 6) is 0.505. The van der Waals surface area contributed by atoms with Crippen molar-refractivity contribution in [3.63, 3.8) is 0 Å². The van der Waals surface area contributed by atoms with E-state index in [4.69, 9.17) is 0 Å². The summed E-state index contributed by atoms with van der Waals surface area (Å²) in [6.45, 7) is 3.60. The number of hydrogen-bond donors (Lipinski definition) is 1. The fourth-order valence-electron chi connectivity index (χ4n) is 3.82. The number of amides is 1. The Morgan fingerprint density at radius 2 is 2.04 bits per heavy atom. The molecule has 1 atom stereocenters. The maximum atomic E-state index is 12.0. The zero-order valence-corrected chi connectivity index (χ0v) is 14.6. The van der Waals surface area contributed by atoms with Gasteiger partial charge in [0.2, 0.25) is 5.91 Å². The minimum atomic E-state index is 0.240. The third-order valence-electron chi connectivity index (χ3n) is 5.45. The van der Waals surface area contributed by atoms with Gasteiger partial charge in [-0.3, -0.25) is 14.4 Å². The standard InChI is InChI=1S/C20H26N4O/c25-20(17-7-4-8-17)21-11-9-18-14-23(13-16-5-2-1-3-6-16)15-19-10-12-22-24(18)19/h1-3,5-6,10,12,17-18H,4,7-9,11,13-15H2,(H,21,25)/t18-/m1/s1. The maximum absolute atomic E-state index is 12.0. The van der Waals surface area contributed by atoms with Crippen LogP contribution >= 0.6 is 0 Å². The number of nitrogens with zero attached hydrogens (tertiary/aromatic N) is 3. The molecule has 2 heterocycles. The molecule has 5 nitrogen and oxygen atoms in total. The Bertz CT molecular complexity index is 707. The Labute approximate surface area is 149 Å². The van der Waals surface area contributed by atoms with Crippen molar-refractivity contribution in [2.24, 2.45) is 5.92 Å². The van der Waals surface area contributed by atoms with Crippen LogP contribution in [-0.2, 0) is 17.9 Å². The molecule has 0 bridgehead atoms. The molecular formula is C20H26N4O. The number of nitrogens with one attached hydrogen (secondary N) is 1. The largest absolute Gasteiger partial charge is 0.356 e. The van der Waals surface area contributed by atoms with Crippen LogP contribution in [0.3, 0.4) is 0 Å². The van der Waals surface area contributed by atoms with E-state index >= 15 is 0 Å². The SMILES string of the molecule is O=C(NCC[C@@H]1CN(Cc2ccccc2)Cc2ccnn21)C1CCC1. The topological polar surface area (TPSA) is 50.2 Å². The molecule has 0 spiro atoms. The van der Waals surface area contributed by atoms with Gasteiger partial charge in [-0.15, -0.1) is 0 Å². The van der Waals surface area contributed by atoms with Crippen LogP contribution < -0.4 is 5.32 Å². The molecule has 1 aromatic carbocycles. The van der Waals surface area contributed by atoms with Crippen LogP contribution in [0.15, 0.2) is 42.6 Å². The van der Waals surface area contributed by atoms with E-state index < -0.39 is 0 Å². The fraction of sp³-hybridized carbons (Fsp3) is 0.500. The number of hydrogen-bond acceptors (Lipinski definition) is 3. The lowest BCUT2D eigenvalue weighted by atomic mass is 9.85. The molecular weight excluding hydrogens is 312 g/mol. The Kier molecular flexibility index (Phi) is 4.83. The van der Waals surface area contributed by atoms with Crippen molar-refractivity contribution in [1.29, 1.82) is 0 Å². The van der Waals surface area contributed by atoms with E-state index in [0.717, 1.165) is 45.4 Å². The lowest BCUT2D eigenvalue weighted by Crippen LogP contribution is -2.40. The minimum Gasteiger partial charge on any atom is -0.356 e. The summed E-state index contributed by atoms with van der Waals surface area (Å²) >= 11 is 0. The third kappa shape index (κ3) is 3.76. The number of carbonyl (C=O) groups excluding carboxylic acids is 1. The molecule has 2 aliphatic rings. The highest BCUT2D eigenvalue weighted by atomic mass is 16.1. The highest BCUT2D eigenvalue weighted by molar-refractivity contribution is 5.79. The predicted molar refractivity (Wildman–Crippen MR) is 96.8 cm³/mol. The maximum Gasteiger partial charge on any atom is 0.223 e. The average Bonchev–Trinajstić information content (AvgIpc) is 3.03. The second-order valence-electron chi connectivity index (χ2n) is 7.28. The molecule has 1 aliphatic carbocycles. The Morgan fingerprint density at radius 3 is 2.80 bits per heavy atom. The van der Waals surface area contributed by atoms with Gasteiger partial charge in [-0.1, -0.05) is 36.8 Å². The van der Waals surface area contributed by atoms with Crippen LogP contribution in [0.5, 0.6) is 0 Å². The van der Waals surface area contributed by atoms with Crippen molar-refractivity contribution < 1.29 is 4.79 Å². The summed E-state index contributed by atoms with van der Waals surface area (Å²) in [5, 5.41) is 7.64. The van der Waals surface area contributed by atoms with Gasteiger partial charge in [-0.25, -0.2) is 0 Å². The third-order valence-corrected chi connectivity index (χ3v) is 5.45. The second kappa shape index (κ2) is 7.40. The molecule has 5 heteroatoms. The highest BCUT2D eigenvalue weighted by Gasteiger charge is 2.27. The number of aromatic nitrogens is 2. The molecule has 0 saturated heterocycles. The normalized spacial score (nSPS) is 20.7. The van der Waals surface area contributed by atoms with E-state index in [1.807, 2.05) is 6.20 Å². The quantitative estimate of drug-likeness (QED) is 0.881. The molecule has 0 unspecified atom stereocenters. The van der Waals surface area contributed by atoms with Crippen LogP contribution in [0.4, 0.5) is 0 Å². The number of benzene rings is 1. The summed E-state index contributed by atoms with van der Waals surface area (Å²) in [6, 6.07) is 13.0. The van der Waals surface area contributed by atoms with Gasteiger partial charge in [0, 0.05) is 38.3 Å². The zero-order chi connectivity index (χ0) is 17.1.